The van der Waals surface area contributed by atoms with Crippen LogP contribution in [0.3, 0.4) is 0 Å². The average Bonchev–Trinajstić information content (AvgIpc) is 2.90. The highest BCUT2D eigenvalue weighted by Gasteiger charge is 2.43. The Hall–Kier alpha value is -0.570. The molecule has 2 fully saturated rings. The van der Waals surface area contributed by atoms with Gasteiger partial charge in [0.1, 0.15) is 0 Å². The molecule has 3 nitrogen and oxygen atoms in total. The van der Waals surface area contributed by atoms with Gasteiger partial charge in [-0.25, -0.2) is 0 Å². The maximum Gasteiger partial charge on any atom is 0.223 e. The molecule has 0 aliphatic heterocycles. The predicted molar refractivity (Wildman–Crippen MR) is 51.1 cm³/mol. The fourth-order valence-electron chi connectivity index (χ4n) is 1.77. The van der Waals surface area contributed by atoms with E-state index in [-0.39, 0.29) is 11.4 Å². The summed E-state index contributed by atoms with van der Waals surface area (Å²) in [5.41, 5.74) is 5.58. The van der Waals surface area contributed by atoms with Crippen molar-refractivity contribution in [2.75, 3.05) is 6.54 Å². The Morgan fingerprint density at radius 1 is 1.46 bits per heavy atom. The van der Waals surface area contributed by atoms with E-state index in [2.05, 4.69) is 12.2 Å². The largest absolute Gasteiger partial charge is 0.349 e. The molecule has 0 radical (unpaired) electrons. The molecule has 2 rings (SSSR count). The van der Waals surface area contributed by atoms with Gasteiger partial charge in [-0.05, 0) is 38.5 Å². The molecule has 2 aliphatic rings. The van der Waals surface area contributed by atoms with Crippen LogP contribution in [0.1, 0.15) is 32.6 Å². The molecule has 0 saturated heterocycles. The molecule has 0 bridgehead atoms. The molecule has 2 aliphatic carbocycles. The molecule has 0 spiro atoms. The van der Waals surface area contributed by atoms with Crippen molar-refractivity contribution in [1.82, 2.24) is 5.32 Å². The molecule has 2 saturated carbocycles. The fraction of sp³-hybridized carbons (Fsp3) is 0.900. The normalized spacial score (nSPS) is 26.6. The zero-order valence-electron chi connectivity index (χ0n) is 8.18. The second-order valence-corrected chi connectivity index (χ2v) is 4.66. The van der Waals surface area contributed by atoms with E-state index in [9.17, 15) is 4.79 Å². The van der Waals surface area contributed by atoms with Crippen LogP contribution in [-0.2, 0) is 4.79 Å². The molecule has 74 valence electrons. The summed E-state index contributed by atoms with van der Waals surface area (Å²) in [6.45, 7) is 2.64. The maximum atomic E-state index is 11.5. The van der Waals surface area contributed by atoms with Gasteiger partial charge in [-0.3, -0.25) is 4.79 Å². The van der Waals surface area contributed by atoms with E-state index in [1.807, 2.05) is 0 Å². The van der Waals surface area contributed by atoms with Crippen LogP contribution in [-0.4, -0.2) is 18.0 Å². The molecule has 3 heteroatoms. The summed E-state index contributed by atoms with van der Waals surface area (Å²) in [5.74, 6) is 1.14. The zero-order chi connectivity index (χ0) is 9.47. The van der Waals surface area contributed by atoms with Crippen molar-refractivity contribution in [3.63, 3.8) is 0 Å². The van der Waals surface area contributed by atoms with Gasteiger partial charge in [-0.2, -0.15) is 0 Å². The predicted octanol–water partition coefficient (Wildman–Crippen LogP) is 0.640. The van der Waals surface area contributed by atoms with E-state index in [1.54, 1.807) is 0 Å². The Kier molecular flexibility index (Phi) is 2.06. The second kappa shape index (κ2) is 2.98. The first-order chi connectivity index (χ1) is 6.15. The number of rotatable bonds is 4. The molecule has 1 amide bonds. The molecular weight excluding hydrogens is 164 g/mol. The van der Waals surface area contributed by atoms with Crippen LogP contribution in [0.15, 0.2) is 0 Å². The Labute approximate surface area is 79.1 Å². The van der Waals surface area contributed by atoms with E-state index in [0.29, 0.717) is 18.4 Å². The molecule has 0 heterocycles. The van der Waals surface area contributed by atoms with Crippen LogP contribution in [0.2, 0.25) is 0 Å². The van der Waals surface area contributed by atoms with Gasteiger partial charge in [0, 0.05) is 12.5 Å². The van der Waals surface area contributed by atoms with E-state index >= 15 is 0 Å². The van der Waals surface area contributed by atoms with Gasteiger partial charge in [-0.15, -0.1) is 0 Å². The Bertz CT molecular complexity index is 221. The summed E-state index contributed by atoms with van der Waals surface area (Å²) >= 11 is 0. The number of hydrogen-bond donors (Lipinski definition) is 2. The molecule has 0 aromatic carbocycles. The number of nitrogens with one attached hydrogen (secondary N) is 1. The van der Waals surface area contributed by atoms with E-state index in [4.69, 9.17) is 5.73 Å². The van der Waals surface area contributed by atoms with E-state index in [0.717, 1.165) is 12.8 Å². The lowest BCUT2D eigenvalue weighted by Crippen LogP contribution is -2.53. The third-order valence-corrected chi connectivity index (χ3v) is 3.26. The third kappa shape index (κ3) is 1.85. The van der Waals surface area contributed by atoms with Crippen molar-refractivity contribution < 1.29 is 4.79 Å². The van der Waals surface area contributed by atoms with Crippen molar-refractivity contribution in [2.45, 2.75) is 38.1 Å². The van der Waals surface area contributed by atoms with Crippen LogP contribution >= 0.6 is 0 Å². The lowest BCUT2D eigenvalue weighted by atomic mass is 9.95. The minimum absolute atomic E-state index is 0.125. The minimum atomic E-state index is -0.125. The molecule has 0 aromatic rings. The number of carbonyl (C=O) groups is 1. The lowest BCUT2D eigenvalue weighted by Gasteiger charge is -2.29. The molecule has 13 heavy (non-hydrogen) atoms. The van der Waals surface area contributed by atoms with Crippen LogP contribution in [0.4, 0.5) is 0 Å². The number of hydrogen-bond acceptors (Lipinski definition) is 2. The average molecular weight is 182 g/mol. The monoisotopic (exact) mass is 182 g/mol. The van der Waals surface area contributed by atoms with Crippen LogP contribution in [0.25, 0.3) is 0 Å². The van der Waals surface area contributed by atoms with Crippen molar-refractivity contribution in [1.29, 1.82) is 0 Å². The standard InChI is InChI=1S/C10H18N2O/c1-10(6-11,8-4-5-8)12-9(13)7-2-3-7/h7-8H,2-6,11H2,1H3,(H,12,13). The van der Waals surface area contributed by atoms with Crippen molar-refractivity contribution in [2.24, 2.45) is 17.6 Å². The highest BCUT2D eigenvalue weighted by atomic mass is 16.2. The lowest BCUT2D eigenvalue weighted by molar-refractivity contribution is -0.124. The summed E-state index contributed by atoms with van der Waals surface area (Å²) in [4.78, 5) is 11.5. The topological polar surface area (TPSA) is 55.1 Å². The van der Waals surface area contributed by atoms with Crippen molar-refractivity contribution in [3.05, 3.63) is 0 Å². The van der Waals surface area contributed by atoms with Gasteiger partial charge in [0.05, 0.1) is 5.54 Å². The summed E-state index contributed by atoms with van der Waals surface area (Å²) in [7, 11) is 0. The van der Waals surface area contributed by atoms with Gasteiger partial charge in [0.15, 0.2) is 0 Å². The Morgan fingerprint density at radius 2 is 2.08 bits per heavy atom. The van der Waals surface area contributed by atoms with Crippen LogP contribution in [0, 0.1) is 11.8 Å². The number of nitrogens with two attached hydrogens (primary N) is 1. The first-order valence-electron chi connectivity index (χ1n) is 5.18. The fourth-order valence-corrected chi connectivity index (χ4v) is 1.77. The van der Waals surface area contributed by atoms with Gasteiger partial charge in [0.25, 0.3) is 0 Å². The van der Waals surface area contributed by atoms with Crippen molar-refractivity contribution in [3.8, 4) is 0 Å². The minimum Gasteiger partial charge on any atom is -0.349 e. The quantitative estimate of drug-likeness (QED) is 0.670. The Morgan fingerprint density at radius 3 is 2.46 bits per heavy atom. The summed E-state index contributed by atoms with van der Waals surface area (Å²) in [6.07, 6.45) is 4.57. The summed E-state index contributed by atoms with van der Waals surface area (Å²) in [6, 6.07) is 0. The zero-order valence-corrected chi connectivity index (χ0v) is 8.18. The third-order valence-electron chi connectivity index (χ3n) is 3.26. The Balaban J connectivity index is 1.91. The number of carbonyl (C=O) groups excluding carboxylic acids is 1. The first kappa shape index (κ1) is 9.00. The highest BCUT2D eigenvalue weighted by Crippen LogP contribution is 2.40. The van der Waals surface area contributed by atoms with E-state index in [1.165, 1.54) is 12.8 Å². The van der Waals surface area contributed by atoms with Gasteiger partial charge < -0.3 is 11.1 Å². The molecule has 3 N–H and O–H groups in total. The van der Waals surface area contributed by atoms with Crippen molar-refractivity contribution >= 4 is 5.91 Å². The van der Waals surface area contributed by atoms with Gasteiger partial charge >= 0.3 is 0 Å². The second-order valence-electron chi connectivity index (χ2n) is 4.66. The molecule has 1 atom stereocenters. The molecular formula is C10H18N2O. The number of amides is 1. The summed E-state index contributed by atoms with van der Waals surface area (Å²) < 4.78 is 0. The molecule has 0 aromatic heterocycles. The highest BCUT2D eigenvalue weighted by molar-refractivity contribution is 5.81. The SMILES string of the molecule is CC(CN)(NC(=O)C1CC1)C1CC1. The van der Waals surface area contributed by atoms with Gasteiger partial charge in [-0.1, -0.05) is 0 Å². The summed E-state index contributed by atoms with van der Waals surface area (Å²) in [5, 5.41) is 3.10. The first-order valence-corrected chi connectivity index (χ1v) is 5.18. The molecule has 1 unspecified atom stereocenters. The smallest absolute Gasteiger partial charge is 0.223 e. The van der Waals surface area contributed by atoms with Crippen LogP contribution in [0.5, 0.6) is 0 Å². The van der Waals surface area contributed by atoms with Gasteiger partial charge in [0.2, 0.25) is 5.91 Å². The van der Waals surface area contributed by atoms with E-state index < -0.39 is 0 Å². The maximum absolute atomic E-state index is 11.5. The van der Waals surface area contributed by atoms with Crippen LogP contribution < -0.4 is 11.1 Å².